The lowest BCUT2D eigenvalue weighted by Gasteiger charge is -2.31. The number of urea groups is 1. The van der Waals surface area contributed by atoms with Crippen molar-refractivity contribution in [2.45, 2.75) is 59.1 Å². The first-order valence-corrected chi connectivity index (χ1v) is 9.05. The van der Waals surface area contributed by atoms with Gasteiger partial charge in [0.15, 0.2) is 0 Å². The summed E-state index contributed by atoms with van der Waals surface area (Å²) >= 11 is 0. The monoisotopic (exact) mass is 336 g/mol. The number of aliphatic hydroxyl groups is 1. The fourth-order valence-electron chi connectivity index (χ4n) is 3.45. The standard InChI is InChI=1S/C18H32N4O2/c1-13(11-22-15(3)9-14(2)20-22)10-19-18(24)21(4)12-16-7-5-6-8-17(16)23/h9,13,16-17,23H,5-8,10-12H2,1-4H3,(H,19,24). The van der Waals surface area contributed by atoms with Gasteiger partial charge in [-0.25, -0.2) is 4.79 Å². The zero-order valence-corrected chi connectivity index (χ0v) is 15.5. The Balaban J connectivity index is 1.74. The Kier molecular flexibility index (Phi) is 6.66. The minimum absolute atomic E-state index is 0.0620. The van der Waals surface area contributed by atoms with E-state index in [0.29, 0.717) is 19.0 Å². The molecule has 24 heavy (non-hydrogen) atoms. The zero-order chi connectivity index (χ0) is 17.7. The maximum Gasteiger partial charge on any atom is 0.317 e. The van der Waals surface area contributed by atoms with Crippen LogP contribution in [0.25, 0.3) is 0 Å². The predicted molar refractivity (Wildman–Crippen MR) is 94.9 cm³/mol. The summed E-state index contributed by atoms with van der Waals surface area (Å²) in [7, 11) is 1.81. The Morgan fingerprint density at radius 1 is 1.46 bits per heavy atom. The minimum atomic E-state index is -0.265. The molecule has 0 aliphatic heterocycles. The lowest BCUT2D eigenvalue weighted by molar-refractivity contribution is 0.0564. The van der Waals surface area contributed by atoms with Gasteiger partial charge in [-0.2, -0.15) is 5.10 Å². The highest BCUT2D eigenvalue weighted by Crippen LogP contribution is 2.24. The van der Waals surface area contributed by atoms with Crippen LogP contribution >= 0.6 is 0 Å². The average molecular weight is 336 g/mol. The van der Waals surface area contributed by atoms with Crippen LogP contribution in [-0.4, -0.2) is 52.1 Å². The van der Waals surface area contributed by atoms with Gasteiger partial charge in [-0.15, -0.1) is 0 Å². The van der Waals surface area contributed by atoms with Crippen molar-refractivity contribution in [1.82, 2.24) is 20.0 Å². The molecule has 6 nitrogen and oxygen atoms in total. The second kappa shape index (κ2) is 8.51. The summed E-state index contributed by atoms with van der Waals surface area (Å²) in [6.07, 6.45) is 3.85. The quantitative estimate of drug-likeness (QED) is 0.837. The van der Waals surface area contributed by atoms with Gasteiger partial charge in [0.1, 0.15) is 0 Å². The number of nitrogens with zero attached hydrogens (tertiary/aromatic N) is 3. The van der Waals surface area contributed by atoms with Crippen LogP contribution in [0.2, 0.25) is 0 Å². The van der Waals surface area contributed by atoms with Crippen molar-refractivity contribution in [3.63, 3.8) is 0 Å². The molecule has 1 fully saturated rings. The van der Waals surface area contributed by atoms with E-state index in [2.05, 4.69) is 30.3 Å². The van der Waals surface area contributed by atoms with E-state index >= 15 is 0 Å². The van der Waals surface area contributed by atoms with Crippen LogP contribution in [-0.2, 0) is 6.54 Å². The summed E-state index contributed by atoms with van der Waals surface area (Å²) in [5.41, 5.74) is 2.17. The van der Waals surface area contributed by atoms with Gasteiger partial charge in [0.2, 0.25) is 0 Å². The average Bonchev–Trinajstić information content (AvgIpc) is 2.84. The number of aromatic nitrogens is 2. The third-order valence-corrected chi connectivity index (χ3v) is 4.91. The smallest absolute Gasteiger partial charge is 0.317 e. The lowest BCUT2D eigenvalue weighted by Crippen LogP contribution is -2.44. The van der Waals surface area contributed by atoms with E-state index in [1.807, 2.05) is 18.7 Å². The molecule has 0 aromatic carbocycles. The second-order valence-corrected chi connectivity index (χ2v) is 7.39. The van der Waals surface area contributed by atoms with Gasteiger partial charge in [-0.1, -0.05) is 19.8 Å². The van der Waals surface area contributed by atoms with Crippen LogP contribution in [0.3, 0.4) is 0 Å². The molecule has 0 bridgehead atoms. The van der Waals surface area contributed by atoms with Gasteiger partial charge in [0, 0.05) is 38.3 Å². The second-order valence-electron chi connectivity index (χ2n) is 7.39. The first kappa shape index (κ1) is 18.8. The van der Waals surface area contributed by atoms with E-state index in [-0.39, 0.29) is 18.1 Å². The van der Waals surface area contributed by atoms with Gasteiger partial charge in [-0.3, -0.25) is 4.68 Å². The van der Waals surface area contributed by atoms with Crippen LogP contribution in [0.4, 0.5) is 4.79 Å². The van der Waals surface area contributed by atoms with E-state index in [4.69, 9.17) is 0 Å². The molecule has 2 rings (SSSR count). The largest absolute Gasteiger partial charge is 0.393 e. The molecule has 1 aromatic heterocycles. The molecule has 1 aliphatic rings. The van der Waals surface area contributed by atoms with E-state index in [1.165, 1.54) is 0 Å². The summed E-state index contributed by atoms with van der Waals surface area (Å²) in [5.74, 6) is 0.516. The molecule has 6 heteroatoms. The molecule has 2 N–H and O–H groups in total. The van der Waals surface area contributed by atoms with Crippen LogP contribution in [0.1, 0.15) is 44.0 Å². The molecule has 0 radical (unpaired) electrons. The SMILES string of the molecule is Cc1cc(C)n(CC(C)CNC(=O)N(C)CC2CCCCC2O)n1. The van der Waals surface area contributed by atoms with Gasteiger partial charge >= 0.3 is 6.03 Å². The Morgan fingerprint density at radius 3 is 2.79 bits per heavy atom. The first-order valence-electron chi connectivity index (χ1n) is 9.05. The summed E-state index contributed by atoms with van der Waals surface area (Å²) in [6.45, 7) is 8.19. The van der Waals surface area contributed by atoms with Crippen molar-refractivity contribution >= 4 is 6.03 Å². The molecular weight excluding hydrogens is 304 g/mol. The third kappa shape index (κ3) is 5.23. The van der Waals surface area contributed by atoms with Crippen molar-refractivity contribution in [3.8, 4) is 0 Å². The molecule has 3 atom stereocenters. The molecule has 1 heterocycles. The first-order chi connectivity index (χ1) is 11.4. The Hall–Kier alpha value is -1.56. The van der Waals surface area contributed by atoms with E-state index in [9.17, 15) is 9.90 Å². The summed E-state index contributed by atoms with van der Waals surface area (Å²) in [5, 5.41) is 17.5. The molecule has 1 saturated carbocycles. The molecule has 136 valence electrons. The maximum atomic E-state index is 12.3. The number of aryl methyl sites for hydroxylation is 2. The highest BCUT2D eigenvalue weighted by atomic mass is 16.3. The minimum Gasteiger partial charge on any atom is -0.393 e. The lowest BCUT2D eigenvalue weighted by atomic mass is 9.86. The van der Waals surface area contributed by atoms with Crippen molar-refractivity contribution in [1.29, 1.82) is 0 Å². The Labute approximate surface area is 145 Å². The maximum absolute atomic E-state index is 12.3. The van der Waals surface area contributed by atoms with Crippen molar-refractivity contribution in [3.05, 3.63) is 17.5 Å². The van der Waals surface area contributed by atoms with Crippen molar-refractivity contribution < 1.29 is 9.90 Å². The number of carbonyl (C=O) groups is 1. The number of amides is 2. The van der Waals surface area contributed by atoms with Crippen LogP contribution in [0.15, 0.2) is 6.07 Å². The summed E-state index contributed by atoms with van der Waals surface area (Å²) in [6, 6.07) is 2.00. The molecule has 1 aromatic rings. The summed E-state index contributed by atoms with van der Waals surface area (Å²) < 4.78 is 1.99. The fraction of sp³-hybridized carbons (Fsp3) is 0.778. The highest BCUT2D eigenvalue weighted by molar-refractivity contribution is 5.73. The molecule has 1 aliphatic carbocycles. The van der Waals surface area contributed by atoms with Gasteiger partial charge in [0.05, 0.1) is 11.8 Å². The number of rotatable bonds is 6. The number of carbonyl (C=O) groups excluding carboxylic acids is 1. The van der Waals surface area contributed by atoms with E-state index in [0.717, 1.165) is 43.6 Å². The molecule has 2 amide bonds. The normalized spacial score (nSPS) is 22.2. The highest BCUT2D eigenvalue weighted by Gasteiger charge is 2.25. The Morgan fingerprint density at radius 2 is 2.17 bits per heavy atom. The molecule has 3 unspecified atom stereocenters. The van der Waals surface area contributed by atoms with Gasteiger partial charge in [0.25, 0.3) is 0 Å². The Bertz CT molecular complexity index is 543. The zero-order valence-electron chi connectivity index (χ0n) is 15.5. The van der Waals surface area contributed by atoms with E-state index < -0.39 is 0 Å². The number of nitrogens with one attached hydrogen (secondary N) is 1. The predicted octanol–water partition coefficient (Wildman–Crippen LogP) is 2.33. The van der Waals surface area contributed by atoms with E-state index in [1.54, 1.807) is 4.90 Å². The van der Waals surface area contributed by atoms with Crippen molar-refractivity contribution in [2.75, 3.05) is 20.1 Å². The van der Waals surface area contributed by atoms with Crippen LogP contribution < -0.4 is 5.32 Å². The molecule has 0 saturated heterocycles. The summed E-state index contributed by atoms with van der Waals surface area (Å²) in [4.78, 5) is 14.0. The number of hydrogen-bond acceptors (Lipinski definition) is 3. The number of hydrogen-bond donors (Lipinski definition) is 2. The van der Waals surface area contributed by atoms with Gasteiger partial charge in [-0.05, 0) is 38.7 Å². The number of aliphatic hydroxyl groups excluding tert-OH is 1. The van der Waals surface area contributed by atoms with Crippen molar-refractivity contribution in [2.24, 2.45) is 11.8 Å². The third-order valence-electron chi connectivity index (χ3n) is 4.91. The fourth-order valence-corrected chi connectivity index (χ4v) is 3.45. The molecular formula is C18H32N4O2. The van der Waals surface area contributed by atoms with Crippen LogP contribution in [0.5, 0.6) is 0 Å². The topological polar surface area (TPSA) is 70.4 Å². The van der Waals surface area contributed by atoms with Crippen LogP contribution in [0, 0.1) is 25.7 Å². The van der Waals surface area contributed by atoms with Gasteiger partial charge < -0.3 is 15.3 Å². The molecule has 0 spiro atoms.